The lowest BCUT2D eigenvalue weighted by Crippen LogP contribution is -2.29. The monoisotopic (exact) mass is 480 g/mol. The number of carbonyl (C=O) groups is 1. The molecule has 3 atom stereocenters. The van der Waals surface area contributed by atoms with E-state index in [1.165, 1.54) is 24.3 Å². The first-order valence-electron chi connectivity index (χ1n) is 10.5. The maximum Gasteiger partial charge on any atom is 0.335 e. The Morgan fingerprint density at radius 3 is 2.52 bits per heavy atom. The Labute approximate surface area is 197 Å². The van der Waals surface area contributed by atoms with Crippen molar-refractivity contribution in [2.24, 2.45) is 5.92 Å². The Hall–Kier alpha value is -3.29. The van der Waals surface area contributed by atoms with Crippen molar-refractivity contribution in [2.75, 3.05) is 10.0 Å². The van der Waals surface area contributed by atoms with Gasteiger partial charge >= 0.3 is 5.97 Å². The third kappa shape index (κ3) is 3.98. The summed E-state index contributed by atoms with van der Waals surface area (Å²) in [5.74, 6) is -0.764. The van der Waals surface area contributed by atoms with Gasteiger partial charge < -0.3 is 10.4 Å². The summed E-state index contributed by atoms with van der Waals surface area (Å²) in [5.41, 5.74) is 3.24. The van der Waals surface area contributed by atoms with Crippen LogP contribution in [0.4, 0.5) is 11.4 Å². The summed E-state index contributed by atoms with van der Waals surface area (Å²) in [7, 11) is -3.85. The lowest BCUT2D eigenvalue weighted by molar-refractivity contribution is 0.0697. The molecule has 1 aliphatic carbocycles. The minimum absolute atomic E-state index is 0.0273. The van der Waals surface area contributed by atoms with Crippen molar-refractivity contribution in [1.82, 2.24) is 0 Å². The summed E-state index contributed by atoms with van der Waals surface area (Å²) in [6.45, 7) is 0. The average Bonchev–Trinajstić information content (AvgIpc) is 3.29. The van der Waals surface area contributed by atoms with Crippen molar-refractivity contribution in [3.05, 3.63) is 101 Å². The number of allylic oxidation sites excluding steroid dienone is 2. The molecule has 3 aromatic rings. The van der Waals surface area contributed by atoms with Gasteiger partial charge in [-0.25, -0.2) is 13.2 Å². The molecule has 0 saturated heterocycles. The van der Waals surface area contributed by atoms with Gasteiger partial charge in [0.05, 0.1) is 16.5 Å². The zero-order chi connectivity index (χ0) is 23.2. The highest BCUT2D eigenvalue weighted by Crippen LogP contribution is 2.51. The number of carboxylic acid groups (broad SMARTS) is 1. The predicted octanol–water partition coefficient (Wildman–Crippen LogP) is 5.67. The molecule has 3 aromatic carbocycles. The summed E-state index contributed by atoms with van der Waals surface area (Å²) < 4.78 is 28.6. The van der Waals surface area contributed by atoms with Gasteiger partial charge in [-0.05, 0) is 72.0 Å². The number of sulfonamides is 1. The number of fused-ring (bicyclic) bond motifs is 3. The summed E-state index contributed by atoms with van der Waals surface area (Å²) >= 11 is 6.48. The summed E-state index contributed by atoms with van der Waals surface area (Å²) in [5, 5.41) is 13.3. The Kier molecular flexibility index (Phi) is 5.38. The largest absolute Gasteiger partial charge is 0.478 e. The fourth-order valence-corrected chi connectivity index (χ4v) is 6.02. The van der Waals surface area contributed by atoms with E-state index in [0.29, 0.717) is 10.7 Å². The number of benzene rings is 3. The van der Waals surface area contributed by atoms with Crippen molar-refractivity contribution in [3.63, 3.8) is 0 Å². The zero-order valence-electron chi connectivity index (χ0n) is 17.4. The van der Waals surface area contributed by atoms with Crippen molar-refractivity contribution < 1.29 is 18.3 Å². The Balaban J connectivity index is 1.46. The van der Waals surface area contributed by atoms with Crippen LogP contribution in [0.5, 0.6) is 0 Å². The van der Waals surface area contributed by atoms with Crippen molar-refractivity contribution in [3.8, 4) is 0 Å². The highest BCUT2D eigenvalue weighted by Gasteiger charge is 2.39. The molecule has 0 unspecified atom stereocenters. The molecular weight excluding hydrogens is 460 g/mol. The lowest BCUT2D eigenvalue weighted by Gasteiger charge is -2.38. The van der Waals surface area contributed by atoms with Crippen molar-refractivity contribution >= 4 is 39.0 Å². The standard InChI is InChI=1S/C25H21ClN2O4S/c26-22-7-2-1-4-20(22)24-19-6-3-5-18(19)21-14-17(12-13-23(21)27-24)33(31,32)28-16-10-8-15(9-11-16)25(29)30/h1-5,7-14,18-19,24,27-28H,6H2,(H,29,30)/t18-,19+,24-/m0/s1. The van der Waals surface area contributed by atoms with Crippen LogP contribution in [-0.2, 0) is 10.0 Å². The molecule has 8 heteroatoms. The molecule has 3 N–H and O–H groups in total. The molecule has 33 heavy (non-hydrogen) atoms. The maximum absolute atomic E-state index is 13.0. The van der Waals surface area contributed by atoms with E-state index in [1.807, 2.05) is 24.3 Å². The van der Waals surface area contributed by atoms with Crippen LogP contribution in [0.3, 0.4) is 0 Å². The fourth-order valence-electron chi connectivity index (χ4n) is 4.67. The van der Waals surface area contributed by atoms with Crippen LogP contribution >= 0.6 is 11.6 Å². The van der Waals surface area contributed by atoms with Crippen LogP contribution in [0, 0.1) is 5.92 Å². The first kappa shape index (κ1) is 21.6. The Morgan fingerprint density at radius 2 is 1.79 bits per heavy atom. The molecular formula is C25H21ClN2O4S. The van der Waals surface area contributed by atoms with Gasteiger partial charge in [-0.1, -0.05) is 42.0 Å². The quantitative estimate of drug-likeness (QED) is 0.409. The van der Waals surface area contributed by atoms with Crippen LogP contribution in [0.1, 0.15) is 39.9 Å². The van der Waals surface area contributed by atoms with Gasteiger partial charge in [0, 0.05) is 22.3 Å². The van der Waals surface area contributed by atoms with E-state index in [-0.39, 0.29) is 28.3 Å². The van der Waals surface area contributed by atoms with E-state index in [1.54, 1.807) is 18.2 Å². The molecule has 5 rings (SSSR count). The normalized spacial score (nSPS) is 21.1. The Bertz CT molecular complexity index is 1370. The van der Waals surface area contributed by atoms with E-state index in [0.717, 1.165) is 23.2 Å². The summed E-state index contributed by atoms with van der Waals surface area (Å²) in [6.07, 6.45) is 5.15. The highest BCUT2D eigenvalue weighted by molar-refractivity contribution is 7.92. The van der Waals surface area contributed by atoms with Gasteiger partial charge in [0.15, 0.2) is 0 Å². The molecule has 0 bridgehead atoms. The van der Waals surface area contributed by atoms with Gasteiger partial charge in [-0.3, -0.25) is 4.72 Å². The van der Waals surface area contributed by atoms with Crippen LogP contribution in [0.25, 0.3) is 0 Å². The van der Waals surface area contributed by atoms with Crippen molar-refractivity contribution in [1.29, 1.82) is 0 Å². The average molecular weight is 481 g/mol. The molecule has 1 heterocycles. The number of halogens is 1. The van der Waals surface area contributed by atoms with E-state index in [4.69, 9.17) is 16.7 Å². The summed E-state index contributed by atoms with van der Waals surface area (Å²) in [4.78, 5) is 11.2. The molecule has 6 nitrogen and oxygen atoms in total. The van der Waals surface area contributed by atoms with Crippen LogP contribution < -0.4 is 10.0 Å². The molecule has 0 aromatic heterocycles. The minimum atomic E-state index is -3.85. The van der Waals surface area contributed by atoms with Gasteiger partial charge in [0.1, 0.15) is 0 Å². The van der Waals surface area contributed by atoms with E-state index < -0.39 is 16.0 Å². The van der Waals surface area contributed by atoms with Crippen LogP contribution in [-0.4, -0.2) is 19.5 Å². The van der Waals surface area contributed by atoms with Crippen molar-refractivity contribution in [2.45, 2.75) is 23.3 Å². The fraction of sp³-hybridized carbons (Fsp3) is 0.160. The maximum atomic E-state index is 13.0. The van der Waals surface area contributed by atoms with Crippen LogP contribution in [0.2, 0.25) is 5.02 Å². The topological polar surface area (TPSA) is 95.5 Å². The van der Waals surface area contributed by atoms with Gasteiger partial charge in [-0.15, -0.1) is 0 Å². The molecule has 0 radical (unpaired) electrons. The first-order chi connectivity index (χ1) is 15.8. The number of nitrogens with one attached hydrogen (secondary N) is 2. The zero-order valence-corrected chi connectivity index (χ0v) is 19.0. The molecule has 2 aliphatic rings. The SMILES string of the molecule is O=C(O)c1ccc(NS(=O)(=O)c2ccc3c(c2)[C@H]2C=CC[C@H]2[C@@H](c2ccccc2Cl)N3)cc1. The molecule has 0 fully saturated rings. The number of rotatable bonds is 5. The smallest absolute Gasteiger partial charge is 0.335 e. The molecule has 1 aliphatic heterocycles. The van der Waals surface area contributed by atoms with E-state index in [2.05, 4.69) is 22.2 Å². The second-order valence-electron chi connectivity index (χ2n) is 8.23. The molecule has 0 amide bonds. The second-order valence-corrected chi connectivity index (χ2v) is 10.3. The highest BCUT2D eigenvalue weighted by atomic mass is 35.5. The number of aromatic carboxylic acids is 1. The Morgan fingerprint density at radius 1 is 1.03 bits per heavy atom. The third-order valence-corrected chi connectivity index (χ3v) is 7.99. The van der Waals surface area contributed by atoms with E-state index in [9.17, 15) is 13.2 Å². The first-order valence-corrected chi connectivity index (χ1v) is 12.4. The third-order valence-electron chi connectivity index (χ3n) is 6.27. The second kappa shape index (κ2) is 8.24. The number of hydrogen-bond acceptors (Lipinski definition) is 4. The molecule has 0 saturated carbocycles. The minimum Gasteiger partial charge on any atom is -0.478 e. The number of carboxylic acids is 1. The summed E-state index contributed by atoms with van der Waals surface area (Å²) in [6, 6.07) is 18.5. The lowest BCUT2D eigenvalue weighted by atomic mass is 9.77. The van der Waals surface area contributed by atoms with Gasteiger partial charge in [0.25, 0.3) is 10.0 Å². The molecule has 0 spiro atoms. The van der Waals surface area contributed by atoms with Gasteiger partial charge in [0.2, 0.25) is 0 Å². The number of anilines is 2. The van der Waals surface area contributed by atoms with Crippen LogP contribution in [0.15, 0.2) is 83.8 Å². The van der Waals surface area contributed by atoms with E-state index >= 15 is 0 Å². The van der Waals surface area contributed by atoms with Gasteiger partial charge in [-0.2, -0.15) is 0 Å². The predicted molar refractivity (Wildman–Crippen MR) is 128 cm³/mol. The molecule has 168 valence electrons. The number of hydrogen-bond donors (Lipinski definition) is 3.